The van der Waals surface area contributed by atoms with Crippen LogP contribution in [0.25, 0.3) is 0 Å². The number of hydrogen-bond acceptors (Lipinski definition) is 3. The molecule has 0 aromatic heterocycles. The van der Waals surface area contributed by atoms with Crippen molar-refractivity contribution in [3.63, 3.8) is 0 Å². The Morgan fingerprint density at radius 3 is 2.39 bits per heavy atom. The largest absolute Gasteiger partial charge is 0.573 e. The summed E-state index contributed by atoms with van der Waals surface area (Å²) in [6.07, 6.45) is -1.80. The van der Waals surface area contributed by atoms with Gasteiger partial charge in [-0.3, -0.25) is 4.79 Å². The van der Waals surface area contributed by atoms with Gasteiger partial charge in [0.25, 0.3) is 0 Å². The van der Waals surface area contributed by atoms with E-state index in [1.165, 1.54) is 24.3 Å². The van der Waals surface area contributed by atoms with Crippen LogP contribution in [0.1, 0.15) is 19.3 Å². The van der Waals surface area contributed by atoms with Crippen molar-refractivity contribution in [3.05, 3.63) is 24.3 Å². The lowest BCUT2D eigenvalue weighted by molar-refractivity contribution is -0.274. The number of anilines is 1. The van der Waals surface area contributed by atoms with E-state index in [0.717, 1.165) is 32.4 Å². The molecule has 4 nitrogen and oxygen atoms in total. The Kier molecular flexibility index (Phi) is 5.10. The quantitative estimate of drug-likeness (QED) is 0.879. The summed E-state index contributed by atoms with van der Waals surface area (Å²) in [5, 5.41) is 6.05. The van der Waals surface area contributed by atoms with E-state index in [1.54, 1.807) is 0 Å². The zero-order valence-electron chi connectivity index (χ0n) is 12.3. The third-order valence-electron chi connectivity index (χ3n) is 4.46. The van der Waals surface area contributed by atoms with Crippen LogP contribution in [0, 0.1) is 11.3 Å². The highest BCUT2D eigenvalue weighted by Crippen LogP contribution is 2.58. The molecule has 0 bridgehead atoms. The van der Waals surface area contributed by atoms with Crippen LogP contribution in [0.2, 0.25) is 0 Å². The van der Waals surface area contributed by atoms with Gasteiger partial charge in [-0.05, 0) is 62.0 Å². The molecule has 3 rings (SSSR count). The maximum absolute atomic E-state index is 12.2. The Hall–Kier alpha value is -1.47. The monoisotopic (exact) mass is 350 g/mol. The molecule has 1 spiro atoms. The number of amides is 1. The molecule has 1 aromatic rings. The highest BCUT2D eigenvalue weighted by atomic mass is 35.5. The van der Waals surface area contributed by atoms with Gasteiger partial charge < -0.3 is 15.4 Å². The summed E-state index contributed by atoms with van der Waals surface area (Å²) < 4.78 is 40.0. The van der Waals surface area contributed by atoms with Gasteiger partial charge in [-0.1, -0.05) is 0 Å². The minimum Gasteiger partial charge on any atom is -0.406 e. The number of ether oxygens (including phenoxy) is 1. The minimum atomic E-state index is -4.71. The van der Waals surface area contributed by atoms with Gasteiger partial charge >= 0.3 is 6.36 Å². The lowest BCUT2D eigenvalue weighted by Crippen LogP contribution is -2.31. The first kappa shape index (κ1) is 17.9. The molecule has 1 aromatic carbocycles. The molecule has 2 N–H and O–H groups in total. The SMILES string of the molecule is Cl.O=C(Nc1ccc(OC(F)(F)F)cc1)C1CC12CCNCC2. The van der Waals surface area contributed by atoms with Crippen LogP contribution in [-0.4, -0.2) is 25.4 Å². The second kappa shape index (κ2) is 6.57. The van der Waals surface area contributed by atoms with Crippen LogP contribution in [0.5, 0.6) is 5.75 Å². The minimum absolute atomic E-state index is 0. The van der Waals surface area contributed by atoms with Crippen LogP contribution in [0.15, 0.2) is 24.3 Å². The fraction of sp³-hybridized carbons (Fsp3) is 0.533. The van der Waals surface area contributed by atoms with E-state index >= 15 is 0 Å². The predicted octanol–water partition coefficient (Wildman–Crippen LogP) is 3.34. The Balaban J connectivity index is 0.00000192. The Morgan fingerprint density at radius 1 is 1.22 bits per heavy atom. The maximum Gasteiger partial charge on any atom is 0.573 e. The lowest BCUT2D eigenvalue weighted by atomic mass is 9.92. The molecule has 1 amide bonds. The van der Waals surface area contributed by atoms with E-state index in [2.05, 4.69) is 15.4 Å². The van der Waals surface area contributed by atoms with E-state index in [0.29, 0.717) is 5.69 Å². The first-order chi connectivity index (χ1) is 10.4. The second-order valence-corrected chi connectivity index (χ2v) is 5.93. The van der Waals surface area contributed by atoms with Crippen LogP contribution in [0.3, 0.4) is 0 Å². The van der Waals surface area contributed by atoms with Crippen molar-refractivity contribution in [2.24, 2.45) is 11.3 Å². The number of piperidine rings is 1. The number of carbonyl (C=O) groups excluding carboxylic acids is 1. The number of alkyl halides is 3. The number of halogens is 4. The smallest absolute Gasteiger partial charge is 0.406 e. The number of rotatable bonds is 3. The second-order valence-electron chi connectivity index (χ2n) is 5.93. The van der Waals surface area contributed by atoms with E-state index in [9.17, 15) is 18.0 Å². The molecule has 1 unspecified atom stereocenters. The lowest BCUT2D eigenvalue weighted by Gasteiger charge is -2.23. The van der Waals surface area contributed by atoms with Gasteiger partial charge in [-0.2, -0.15) is 0 Å². The van der Waals surface area contributed by atoms with Crippen LogP contribution in [0.4, 0.5) is 18.9 Å². The molecule has 1 aliphatic heterocycles. The fourth-order valence-corrected chi connectivity index (χ4v) is 3.16. The maximum atomic E-state index is 12.2. The Bertz CT molecular complexity index is 557. The zero-order valence-corrected chi connectivity index (χ0v) is 13.1. The molecule has 1 saturated heterocycles. The van der Waals surface area contributed by atoms with Gasteiger partial charge in [-0.25, -0.2) is 0 Å². The third-order valence-corrected chi connectivity index (χ3v) is 4.46. The number of hydrogen-bond donors (Lipinski definition) is 2. The topological polar surface area (TPSA) is 50.4 Å². The van der Waals surface area contributed by atoms with Crippen molar-refractivity contribution < 1.29 is 22.7 Å². The van der Waals surface area contributed by atoms with Crippen molar-refractivity contribution in [1.29, 1.82) is 0 Å². The summed E-state index contributed by atoms with van der Waals surface area (Å²) in [6.45, 7) is 1.88. The highest BCUT2D eigenvalue weighted by Gasteiger charge is 2.57. The molecule has 128 valence electrons. The fourth-order valence-electron chi connectivity index (χ4n) is 3.16. The molecule has 1 aliphatic carbocycles. The molecule has 2 fully saturated rings. The summed E-state index contributed by atoms with van der Waals surface area (Å²) in [6, 6.07) is 5.21. The van der Waals surface area contributed by atoms with Gasteiger partial charge in [0.1, 0.15) is 5.75 Å². The van der Waals surface area contributed by atoms with Gasteiger partial charge in [-0.15, -0.1) is 25.6 Å². The standard InChI is InChI=1S/C15H17F3N2O2.ClH/c16-15(17,18)22-11-3-1-10(2-4-11)20-13(21)12-9-14(12)5-7-19-8-6-14;/h1-4,12,19H,5-9H2,(H,20,21);1H. The van der Waals surface area contributed by atoms with Gasteiger partial charge in [0, 0.05) is 11.6 Å². The van der Waals surface area contributed by atoms with Crippen molar-refractivity contribution in [1.82, 2.24) is 5.32 Å². The number of nitrogens with one attached hydrogen (secondary N) is 2. The van der Waals surface area contributed by atoms with Crippen LogP contribution >= 0.6 is 12.4 Å². The van der Waals surface area contributed by atoms with Gasteiger partial charge in [0.05, 0.1) is 0 Å². The average molecular weight is 351 g/mol. The van der Waals surface area contributed by atoms with E-state index in [4.69, 9.17) is 0 Å². The predicted molar refractivity (Wildman–Crippen MR) is 81.6 cm³/mol. The summed E-state index contributed by atoms with van der Waals surface area (Å²) in [5.74, 6) is -0.334. The molecular weight excluding hydrogens is 333 g/mol. The Labute approximate surface area is 138 Å². The first-order valence-electron chi connectivity index (χ1n) is 7.25. The first-order valence-corrected chi connectivity index (χ1v) is 7.25. The number of carbonyl (C=O) groups is 1. The van der Waals surface area contributed by atoms with E-state index < -0.39 is 6.36 Å². The summed E-state index contributed by atoms with van der Waals surface area (Å²) >= 11 is 0. The summed E-state index contributed by atoms with van der Waals surface area (Å²) in [5.41, 5.74) is 0.616. The summed E-state index contributed by atoms with van der Waals surface area (Å²) in [7, 11) is 0. The van der Waals surface area contributed by atoms with Crippen molar-refractivity contribution >= 4 is 24.0 Å². The van der Waals surface area contributed by atoms with Crippen molar-refractivity contribution in [3.8, 4) is 5.75 Å². The molecular formula is C15H18ClF3N2O2. The zero-order chi connectivity index (χ0) is 15.8. The molecule has 1 saturated carbocycles. The van der Waals surface area contributed by atoms with Gasteiger partial charge in [0.15, 0.2) is 0 Å². The molecule has 0 radical (unpaired) electrons. The summed E-state index contributed by atoms with van der Waals surface area (Å²) in [4.78, 5) is 12.2. The molecule has 23 heavy (non-hydrogen) atoms. The molecule has 2 aliphatic rings. The molecule has 8 heteroatoms. The van der Waals surface area contributed by atoms with E-state index in [1.807, 2.05) is 0 Å². The van der Waals surface area contributed by atoms with Crippen molar-refractivity contribution in [2.45, 2.75) is 25.6 Å². The third kappa shape index (κ3) is 4.29. The average Bonchev–Trinajstić information content (AvgIpc) is 3.14. The molecule has 1 atom stereocenters. The number of benzene rings is 1. The van der Waals surface area contributed by atoms with E-state index in [-0.39, 0.29) is 35.4 Å². The van der Waals surface area contributed by atoms with Crippen molar-refractivity contribution in [2.75, 3.05) is 18.4 Å². The normalized spacial score (nSPS) is 22.1. The van der Waals surface area contributed by atoms with Gasteiger partial charge in [0.2, 0.25) is 5.91 Å². The van der Waals surface area contributed by atoms with Crippen LogP contribution < -0.4 is 15.4 Å². The Morgan fingerprint density at radius 2 is 1.83 bits per heavy atom. The molecule has 1 heterocycles. The van der Waals surface area contributed by atoms with Crippen LogP contribution in [-0.2, 0) is 4.79 Å². The highest BCUT2D eigenvalue weighted by molar-refractivity contribution is 5.95.